The zero-order valence-electron chi connectivity index (χ0n) is 16.4. The molecule has 0 unspecified atom stereocenters. The predicted molar refractivity (Wildman–Crippen MR) is 102 cm³/mol. The molecule has 2 aliphatic rings. The average Bonchev–Trinajstić information content (AvgIpc) is 3.23. The minimum absolute atomic E-state index is 0.00784. The molecule has 0 aromatic carbocycles. The monoisotopic (exact) mass is 369 g/mol. The molecule has 0 spiro atoms. The normalized spacial score (nSPS) is 17.4. The van der Waals surface area contributed by atoms with Gasteiger partial charge in [0, 0.05) is 24.3 Å². The second kappa shape index (κ2) is 6.94. The van der Waals surface area contributed by atoms with Gasteiger partial charge in [0.2, 0.25) is 11.9 Å². The summed E-state index contributed by atoms with van der Waals surface area (Å²) in [7, 11) is 0. The van der Waals surface area contributed by atoms with Crippen molar-refractivity contribution in [1.82, 2.24) is 24.2 Å². The van der Waals surface area contributed by atoms with Crippen LogP contribution in [0.15, 0.2) is 10.9 Å². The molecule has 3 heterocycles. The van der Waals surface area contributed by atoms with Crippen molar-refractivity contribution in [3.05, 3.63) is 39.1 Å². The van der Waals surface area contributed by atoms with E-state index in [2.05, 4.69) is 12.0 Å². The van der Waals surface area contributed by atoms with Crippen molar-refractivity contribution in [3.8, 4) is 5.95 Å². The van der Waals surface area contributed by atoms with Crippen molar-refractivity contribution < 1.29 is 4.79 Å². The number of likely N-dealkylation sites (tertiary alicyclic amines) is 1. The molecular formula is C20H27N5O2. The van der Waals surface area contributed by atoms with E-state index in [0.717, 1.165) is 67.8 Å². The van der Waals surface area contributed by atoms with Crippen LogP contribution in [0.4, 0.5) is 0 Å². The van der Waals surface area contributed by atoms with Gasteiger partial charge in [0.25, 0.3) is 5.56 Å². The number of rotatable bonds is 3. The second-order valence-corrected chi connectivity index (χ2v) is 7.98. The third kappa shape index (κ3) is 3.31. The lowest BCUT2D eigenvalue weighted by atomic mass is 9.99. The fraction of sp³-hybridized carbons (Fsp3) is 0.600. The molecule has 144 valence electrons. The summed E-state index contributed by atoms with van der Waals surface area (Å²) in [5.74, 6) is 1.11. The van der Waals surface area contributed by atoms with Gasteiger partial charge in [-0.1, -0.05) is 6.92 Å². The SMILES string of the molecule is Cc1cc(C)n(-c2nc3c(c(=O)n2CC(=O)N2CCC(C)CC2)CCC3)n1. The number of amides is 1. The van der Waals surface area contributed by atoms with Crippen LogP contribution >= 0.6 is 0 Å². The predicted octanol–water partition coefficient (Wildman–Crippen LogP) is 1.79. The van der Waals surface area contributed by atoms with Gasteiger partial charge in [0.05, 0.1) is 11.4 Å². The number of hydrogen-bond acceptors (Lipinski definition) is 4. The molecule has 1 saturated heterocycles. The lowest BCUT2D eigenvalue weighted by Crippen LogP contribution is -2.42. The Morgan fingerprint density at radius 3 is 2.63 bits per heavy atom. The maximum Gasteiger partial charge on any atom is 0.258 e. The zero-order valence-corrected chi connectivity index (χ0v) is 16.4. The van der Waals surface area contributed by atoms with Gasteiger partial charge < -0.3 is 4.90 Å². The van der Waals surface area contributed by atoms with Crippen molar-refractivity contribution >= 4 is 5.91 Å². The Morgan fingerprint density at radius 1 is 1.22 bits per heavy atom. The van der Waals surface area contributed by atoms with E-state index in [-0.39, 0.29) is 18.0 Å². The van der Waals surface area contributed by atoms with Crippen LogP contribution in [0.2, 0.25) is 0 Å². The van der Waals surface area contributed by atoms with Crippen molar-refractivity contribution in [2.24, 2.45) is 5.92 Å². The van der Waals surface area contributed by atoms with Crippen LogP contribution in [0.1, 0.15) is 48.8 Å². The molecule has 2 aromatic heterocycles. The Balaban J connectivity index is 1.74. The fourth-order valence-corrected chi connectivity index (χ4v) is 4.15. The van der Waals surface area contributed by atoms with Crippen LogP contribution in [0, 0.1) is 19.8 Å². The van der Waals surface area contributed by atoms with E-state index in [1.807, 2.05) is 24.8 Å². The summed E-state index contributed by atoms with van der Waals surface area (Å²) >= 11 is 0. The highest BCUT2D eigenvalue weighted by atomic mass is 16.2. The molecule has 1 aliphatic heterocycles. The van der Waals surface area contributed by atoms with E-state index in [9.17, 15) is 9.59 Å². The summed E-state index contributed by atoms with van der Waals surface area (Å²) in [6.45, 7) is 7.64. The maximum absolute atomic E-state index is 13.2. The number of nitrogens with zero attached hydrogens (tertiary/aromatic N) is 5. The Hall–Kier alpha value is -2.44. The Kier molecular flexibility index (Phi) is 4.61. The molecule has 1 amide bonds. The average molecular weight is 369 g/mol. The first kappa shape index (κ1) is 17.9. The molecular weight excluding hydrogens is 342 g/mol. The van der Waals surface area contributed by atoms with Crippen LogP contribution in [0.5, 0.6) is 0 Å². The highest BCUT2D eigenvalue weighted by molar-refractivity contribution is 5.76. The first-order valence-electron chi connectivity index (χ1n) is 9.88. The van der Waals surface area contributed by atoms with Gasteiger partial charge in [0.1, 0.15) is 6.54 Å². The first-order valence-corrected chi connectivity index (χ1v) is 9.88. The molecule has 0 radical (unpaired) electrons. The molecule has 1 fully saturated rings. The second-order valence-electron chi connectivity index (χ2n) is 7.98. The van der Waals surface area contributed by atoms with E-state index in [0.29, 0.717) is 11.9 Å². The summed E-state index contributed by atoms with van der Waals surface area (Å²) in [4.78, 5) is 32.7. The molecule has 27 heavy (non-hydrogen) atoms. The number of aryl methyl sites for hydroxylation is 3. The van der Waals surface area contributed by atoms with E-state index in [4.69, 9.17) is 4.98 Å². The lowest BCUT2D eigenvalue weighted by Gasteiger charge is -2.30. The smallest absolute Gasteiger partial charge is 0.258 e. The number of fused-ring (bicyclic) bond motifs is 1. The van der Waals surface area contributed by atoms with Crippen molar-refractivity contribution in [2.45, 2.75) is 59.4 Å². The molecule has 4 rings (SSSR count). The van der Waals surface area contributed by atoms with Gasteiger partial charge >= 0.3 is 0 Å². The van der Waals surface area contributed by atoms with Gasteiger partial charge in [-0.25, -0.2) is 9.67 Å². The molecule has 0 N–H and O–H groups in total. The minimum atomic E-state index is -0.0845. The number of piperidine rings is 1. The van der Waals surface area contributed by atoms with Gasteiger partial charge in [-0.15, -0.1) is 0 Å². The van der Waals surface area contributed by atoms with Gasteiger partial charge in [-0.05, 0) is 57.9 Å². The van der Waals surface area contributed by atoms with Crippen LogP contribution in [0.25, 0.3) is 5.95 Å². The third-order valence-electron chi connectivity index (χ3n) is 5.80. The molecule has 0 atom stereocenters. The molecule has 1 aliphatic carbocycles. The Labute approximate surface area is 159 Å². The molecule has 0 saturated carbocycles. The van der Waals surface area contributed by atoms with Gasteiger partial charge in [0.15, 0.2) is 0 Å². The summed E-state index contributed by atoms with van der Waals surface area (Å²) in [5.41, 5.74) is 3.31. The van der Waals surface area contributed by atoms with Crippen molar-refractivity contribution in [3.63, 3.8) is 0 Å². The van der Waals surface area contributed by atoms with Gasteiger partial charge in [-0.3, -0.25) is 14.2 Å². The molecule has 2 aromatic rings. The summed E-state index contributed by atoms with van der Waals surface area (Å²) in [6.07, 6.45) is 4.54. The lowest BCUT2D eigenvalue weighted by molar-refractivity contribution is -0.133. The maximum atomic E-state index is 13.2. The summed E-state index contributed by atoms with van der Waals surface area (Å²) < 4.78 is 3.23. The highest BCUT2D eigenvalue weighted by Crippen LogP contribution is 2.20. The topological polar surface area (TPSA) is 73.0 Å². The largest absolute Gasteiger partial charge is 0.341 e. The van der Waals surface area contributed by atoms with Crippen LogP contribution < -0.4 is 5.56 Å². The Bertz CT molecular complexity index is 935. The first-order chi connectivity index (χ1) is 12.9. The summed E-state index contributed by atoms with van der Waals surface area (Å²) in [6, 6.07) is 1.96. The minimum Gasteiger partial charge on any atom is -0.341 e. The molecule has 7 nitrogen and oxygen atoms in total. The fourth-order valence-electron chi connectivity index (χ4n) is 4.15. The number of aromatic nitrogens is 4. The number of hydrogen-bond donors (Lipinski definition) is 0. The van der Waals surface area contributed by atoms with Crippen LogP contribution in [-0.4, -0.2) is 43.2 Å². The quantitative estimate of drug-likeness (QED) is 0.827. The highest BCUT2D eigenvalue weighted by Gasteiger charge is 2.26. The van der Waals surface area contributed by atoms with Crippen molar-refractivity contribution in [2.75, 3.05) is 13.1 Å². The standard InChI is InChI=1S/C20H27N5O2/c1-13-7-9-23(10-8-13)18(26)12-24-19(27)16-5-4-6-17(16)21-20(24)25-15(3)11-14(2)22-25/h11,13H,4-10,12H2,1-3H3. The van der Waals surface area contributed by atoms with Gasteiger partial charge in [-0.2, -0.15) is 5.10 Å². The van der Waals surface area contributed by atoms with Crippen molar-refractivity contribution in [1.29, 1.82) is 0 Å². The Morgan fingerprint density at radius 2 is 1.96 bits per heavy atom. The van der Waals surface area contributed by atoms with Crippen LogP contribution in [-0.2, 0) is 24.2 Å². The number of carbonyl (C=O) groups is 1. The van der Waals surface area contributed by atoms with Crippen LogP contribution in [0.3, 0.4) is 0 Å². The van der Waals surface area contributed by atoms with E-state index in [1.165, 1.54) is 4.57 Å². The van der Waals surface area contributed by atoms with E-state index >= 15 is 0 Å². The third-order valence-corrected chi connectivity index (χ3v) is 5.80. The molecule has 7 heteroatoms. The van der Waals surface area contributed by atoms with E-state index in [1.54, 1.807) is 4.68 Å². The zero-order chi connectivity index (χ0) is 19.1. The molecule has 0 bridgehead atoms. The summed E-state index contributed by atoms with van der Waals surface area (Å²) in [5, 5.41) is 4.51. The van der Waals surface area contributed by atoms with E-state index < -0.39 is 0 Å². The number of carbonyl (C=O) groups excluding carboxylic acids is 1.